The number of piperidine rings is 2. The van der Waals surface area contributed by atoms with Crippen LogP contribution in [-0.4, -0.2) is 81.1 Å². The molecule has 192 valence electrons. The lowest BCUT2D eigenvalue weighted by atomic mass is 9.98. The Hall–Kier alpha value is -2.16. The third kappa shape index (κ3) is 8.25. The molecular weight excluding hydrogens is 496 g/mol. The third-order valence-electron chi connectivity index (χ3n) is 5.61. The van der Waals surface area contributed by atoms with E-state index in [4.69, 9.17) is 5.11 Å². The molecule has 34 heavy (non-hydrogen) atoms. The molecule has 2 fully saturated rings. The number of sulfonamides is 2. The zero-order valence-corrected chi connectivity index (χ0v) is 20.5. The first-order valence-corrected chi connectivity index (χ1v) is 14.3. The Morgan fingerprint density at radius 1 is 0.912 bits per heavy atom. The van der Waals surface area contributed by atoms with Crippen molar-refractivity contribution in [1.29, 1.82) is 0 Å². The maximum absolute atomic E-state index is 13.1. The largest absolute Gasteiger partial charge is 0.481 e. The lowest BCUT2D eigenvalue weighted by Crippen LogP contribution is -2.43. The van der Waals surface area contributed by atoms with Crippen LogP contribution in [0.25, 0.3) is 0 Å². The van der Waals surface area contributed by atoms with E-state index in [1.54, 1.807) is 0 Å². The molecule has 0 bridgehead atoms. The van der Waals surface area contributed by atoms with Crippen molar-refractivity contribution < 1.29 is 40.3 Å². The lowest BCUT2D eigenvalue weighted by Gasteiger charge is -2.30. The molecule has 2 aliphatic rings. The molecular formula is C20H29F2N3O7S2. The lowest BCUT2D eigenvalue weighted by molar-refractivity contribution is -0.142. The van der Waals surface area contributed by atoms with Crippen LogP contribution in [0.5, 0.6) is 0 Å². The molecule has 1 aromatic rings. The third-order valence-corrected chi connectivity index (χ3v) is 8.15. The summed E-state index contributed by atoms with van der Waals surface area (Å²) < 4.78 is 73.5. The average Bonchev–Trinajstić information content (AvgIpc) is 2.76. The van der Waals surface area contributed by atoms with Gasteiger partial charge in [-0.1, -0.05) is 0 Å². The SMILES string of the molecule is CS(=O)(=O)N1CCC[C@H](C(=O)Nc2ccc(F)c(F)c2)C1.CS(=O)(=O)N1CCC[C@H](C(=O)O)C1. The Kier molecular flexibility index (Phi) is 9.51. The number of aliphatic carboxylic acids is 1. The summed E-state index contributed by atoms with van der Waals surface area (Å²) in [5.41, 5.74) is 0.148. The van der Waals surface area contributed by atoms with E-state index in [2.05, 4.69) is 5.32 Å². The molecule has 0 aromatic heterocycles. The molecule has 0 aliphatic carbocycles. The van der Waals surface area contributed by atoms with Gasteiger partial charge in [-0.25, -0.2) is 34.2 Å². The number of nitrogens with zero attached hydrogens (tertiary/aromatic N) is 2. The molecule has 2 atom stereocenters. The Morgan fingerprint density at radius 2 is 1.41 bits per heavy atom. The normalized spacial score (nSPS) is 22.4. The van der Waals surface area contributed by atoms with Crippen LogP contribution in [0.4, 0.5) is 14.5 Å². The molecule has 2 saturated heterocycles. The summed E-state index contributed by atoms with van der Waals surface area (Å²) in [7, 11) is -6.56. The molecule has 2 heterocycles. The number of anilines is 1. The number of carbonyl (C=O) groups excluding carboxylic acids is 1. The highest BCUT2D eigenvalue weighted by molar-refractivity contribution is 7.88. The minimum atomic E-state index is -3.33. The van der Waals surface area contributed by atoms with Crippen LogP contribution in [0.1, 0.15) is 25.7 Å². The van der Waals surface area contributed by atoms with Gasteiger partial charge >= 0.3 is 5.97 Å². The summed E-state index contributed by atoms with van der Waals surface area (Å²) in [5.74, 6) is -4.38. The Morgan fingerprint density at radius 3 is 1.88 bits per heavy atom. The van der Waals surface area contributed by atoms with Crippen molar-refractivity contribution in [3.05, 3.63) is 29.8 Å². The van der Waals surface area contributed by atoms with Crippen LogP contribution in [0, 0.1) is 23.5 Å². The Balaban J connectivity index is 0.000000270. The van der Waals surface area contributed by atoms with Gasteiger partial charge in [0.1, 0.15) is 0 Å². The predicted octanol–water partition coefficient (Wildman–Crippen LogP) is 1.32. The van der Waals surface area contributed by atoms with E-state index in [0.29, 0.717) is 38.8 Å². The molecule has 2 N–H and O–H groups in total. The van der Waals surface area contributed by atoms with Gasteiger partial charge < -0.3 is 10.4 Å². The Bertz CT molecular complexity index is 1110. The highest BCUT2D eigenvalue weighted by Gasteiger charge is 2.31. The first-order valence-electron chi connectivity index (χ1n) is 10.6. The first kappa shape index (κ1) is 28.1. The number of carbonyl (C=O) groups is 2. The van der Waals surface area contributed by atoms with E-state index in [1.807, 2.05) is 0 Å². The summed E-state index contributed by atoms with van der Waals surface area (Å²) in [6.45, 7) is 1.07. The number of rotatable bonds is 5. The quantitative estimate of drug-likeness (QED) is 0.591. The molecule has 14 heteroatoms. The number of hydrogen-bond acceptors (Lipinski definition) is 6. The number of nitrogens with one attached hydrogen (secondary N) is 1. The summed E-state index contributed by atoms with van der Waals surface area (Å²) in [6, 6.07) is 3.08. The smallest absolute Gasteiger partial charge is 0.307 e. The van der Waals surface area contributed by atoms with Gasteiger partial charge in [0.2, 0.25) is 26.0 Å². The minimum Gasteiger partial charge on any atom is -0.481 e. The fourth-order valence-corrected chi connectivity index (χ4v) is 5.54. The second-order valence-electron chi connectivity index (χ2n) is 8.38. The maximum Gasteiger partial charge on any atom is 0.307 e. The maximum atomic E-state index is 13.1. The van der Waals surface area contributed by atoms with Gasteiger partial charge in [-0.2, -0.15) is 0 Å². The molecule has 2 aliphatic heterocycles. The van der Waals surface area contributed by atoms with Gasteiger partial charge in [0.25, 0.3) is 0 Å². The van der Waals surface area contributed by atoms with Crippen LogP contribution in [-0.2, 0) is 29.6 Å². The van der Waals surface area contributed by atoms with Crippen molar-refractivity contribution >= 4 is 37.6 Å². The zero-order valence-electron chi connectivity index (χ0n) is 18.9. The standard InChI is InChI=1S/C13H16F2N2O3S.C7H13NO4S/c1-21(19,20)17-6-2-3-9(8-17)13(18)16-10-4-5-11(14)12(15)7-10;1-13(11,12)8-4-2-3-6(5-8)7(9)10/h4-5,7,9H,2-3,6,8H2,1H3,(H,16,18);6H,2-5H2,1H3,(H,9,10)/t9-;6-/m00/s1. The molecule has 0 radical (unpaired) electrons. The van der Waals surface area contributed by atoms with E-state index in [9.17, 15) is 35.2 Å². The minimum absolute atomic E-state index is 0.105. The van der Waals surface area contributed by atoms with E-state index in [1.165, 1.54) is 14.7 Å². The number of hydrogen-bond donors (Lipinski definition) is 2. The van der Waals surface area contributed by atoms with Crippen LogP contribution in [0.15, 0.2) is 18.2 Å². The van der Waals surface area contributed by atoms with Gasteiger partial charge in [-0.3, -0.25) is 9.59 Å². The molecule has 10 nitrogen and oxygen atoms in total. The molecule has 0 spiro atoms. The molecule has 3 rings (SSSR count). The van der Waals surface area contributed by atoms with Gasteiger partial charge in [0.05, 0.1) is 24.3 Å². The van der Waals surface area contributed by atoms with Gasteiger partial charge in [-0.05, 0) is 37.8 Å². The van der Waals surface area contributed by atoms with Gasteiger partial charge in [-0.15, -0.1) is 0 Å². The van der Waals surface area contributed by atoms with Crippen molar-refractivity contribution in [2.45, 2.75) is 25.7 Å². The summed E-state index contributed by atoms with van der Waals surface area (Å²) in [4.78, 5) is 22.7. The number of halogens is 2. The van der Waals surface area contributed by atoms with E-state index in [0.717, 1.165) is 24.6 Å². The second kappa shape index (κ2) is 11.5. The van der Waals surface area contributed by atoms with E-state index < -0.39 is 55.4 Å². The van der Waals surface area contributed by atoms with Crippen molar-refractivity contribution in [3.8, 4) is 0 Å². The summed E-state index contributed by atoms with van der Waals surface area (Å²) in [6.07, 6.45) is 4.55. The Labute approximate surface area is 198 Å². The van der Waals surface area contributed by atoms with Gasteiger partial charge in [0, 0.05) is 37.9 Å². The number of carboxylic acids is 1. The van der Waals surface area contributed by atoms with E-state index >= 15 is 0 Å². The topological polar surface area (TPSA) is 141 Å². The first-order chi connectivity index (χ1) is 15.7. The monoisotopic (exact) mass is 525 g/mol. The predicted molar refractivity (Wildman–Crippen MR) is 121 cm³/mol. The summed E-state index contributed by atoms with van der Waals surface area (Å²) in [5, 5.41) is 11.2. The zero-order chi connectivity index (χ0) is 25.7. The number of amides is 1. The van der Waals surface area contributed by atoms with Crippen LogP contribution in [0.2, 0.25) is 0 Å². The van der Waals surface area contributed by atoms with Crippen LogP contribution in [0.3, 0.4) is 0 Å². The molecule has 0 unspecified atom stereocenters. The van der Waals surface area contributed by atoms with E-state index in [-0.39, 0.29) is 18.8 Å². The van der Waals surface area contributed by atoms with Crippen LogP contribution < -0.4 is 5.32 Å². The fourth-order valence-electron chi connectivity index (χ4n) is 3.72. The highest BCUT2D eigenvalue weighted by atomic mass is 32.2. The highest BCUT2D eigenvalue weighted by Crippen LogP contribution is 2.21. The molecule has 0 saturated carbocycles. The van der Waals surface area contributed by atoms with Gasteiger partial charge in [0.15, 0.2) is 11.6 Å². The number of benzene rings is 1. The molecule has 1 amide bonds. The van der Waals surface area contributed by atoms with Crippen molar-refractivity contribution in [2.24, 2.45) is 11.8 Å². The fraction of sp³-hybridized carbons (Fsp3) is 0.600. The summed E-state index contributed by atoms with van der Waals surface area (Å²) >= 11 is 0. The average molecular weight is 526 g/mol. The number of carboxylic acid groups (broad SMARTS) is 1. The van der Waals surface area contributed by atoms with Crippen molar-refractivity contribution in [3.63, 3.8) is 0 Å². The second-order valence-corrected chi connectivity index (χ2v) is 12.3. The molecule has 1 aromatic carbocycles. The van der Waals surface area contributed by atoms with Crippen molar-refractivity contribution in [2.75, 3.05) is 44.0 Å². The van der Waals surface area contributed by atoms with Crippen molar-refractivity contribution in [1.82, 2.24) is 8.61 Å². The van der Waals surface area contributed by atoms with Crippen LogP contribution >= 0.6 is 0 Å².